The molecule has 0 saturated heterocycles. The summed E-state index contributed by atoms with van der Waals surface area (Å²) in [4.78, 5) is 22.5. The van der Waals surface area contributed by atoms with Gasteiger partial charge in [0.25, 0.3) is 5.91 Å². The largest absolute Gasteiger partial charge is 0.467 e. The van der Waals surface area contributed by atoms with Crippen molar-refractivity contribution < 1.29 is 19.4 Å². The molecule has 0 radical (unpaired) electrons. The van der Waals surface area contributed by atoms with E-state index in [9.17, 15) is 14.7 Å². The van der Waals surface area contributed by atoms with Gasteiger partial charge in [-0.2, -0.15) is 0 Å². The van der Waals surface area contributed by atoms with Gasteiger partial charge in [0.1, 0.15) is 0 Å². The van der Waals surface area contributed by atoms with Gasteiger partial charge >= 0.3 is 5.97 Å². The van der Waals surface area contributed by atoms with Crippen LogP contribution in [0, 0.1) is 0 Å². The Balaban J connectivity index is 2.66. The van der Waals surface area contributed by atoms with Gasteiger partial charge in [-0.3, -0.25) is 4.79 Å². The van der Waals surface area contributed by atoms with Gasteiger partial charge in [-0.25, -0.2) is 4.79 Å². The molecule has 0 aliphatic carbocycles. The normalized spacial score (nSPS) is 11.8. The number of esters is 1. The number of aliphatic hydroxyl groups excluding tert-OH is 1. The molecule has 18 heavy (non-hydrogen) atoms. The fourth-order valence-electron chi connectivity index (χ4n) is 1.02. The summed E-state index contributed by atoms with van der Waals surface area (Å²) in [6.07, 6.45) is -1.46. The quantitative estimate of drug-likeness (QED) is 0.761. The lowest BCUT2D eigenvalue weighted by Gasteiger charge is -2.10. The van der Waals surface area contributed by atoms with Crippen molar-refractivity contribution in [1.29, 1.82) is 0 Å². The SMILES string of the molecule is COC(=O)C(O)CNC(=O)c1cc(Cl)nnc1Cl. The third-order valence-electron chi connectivity index (χ3n) is 1.89. The number of nitrogens with one attached hydrogen (secondary N) is 1. The maximum absolute atomic E-state index is 11.6. The van der Waals surface area contributed by atoms with Crippen molar-refractivity contribution in [3.05, 3.63) is 21.9 Å². The molecular formula is C9H9Cl2N3O4. The minimum absolute atomic E-state index is 0.00179. The zero-order chi connectivity index (χ0) is 13.7. The summed E-state index contributed by atoms with van der Waals surface area (Å²) in [5.74, 6) is -1.49. The molecule has 0 bridgehead atoms. The Hall–Kier alpha value is -1.44. The number of aromatic nitrogens is 2. The summed E-state index contributed by atoms with van der Waals surface area (Å²) < 4.78 is 4.28. The standard InChI is InChI=1S/C9H9Cl2N3O4/c1-18-9(17)5(15)3-12-8(16)4-2-6(10)13-14-7(4)11/h2,5,15H,3H2,1H3,(H,12,16). The molecule has 0 fully saturated rings. The Morgan fingerprint density at radius 1 is 1.50 bits per heavy atom. The number of carbonyl (C=O) groups excluding carboxylic acids is 2. The molecule has 1 heterocycles. The highest BCUT2D eigenvalue weighted by Crippen LogP contribution is 2.14. The zero-order valence-electron chi connectivity index (χ0n) is 9.18. The average Bonchev–Trinajstić information content (AvgIpc) is 2.37. The monoisotopic (exact) mass is 293 g/mol. The van der Waals surface area contributed by atoms with Crippen molar-refractivity contribution >= 4 is 35.1 Å². The average molecular weight is 294 g/mol. The molecule has 2 N–H and O–H groups in total. The van der Waals surface area contributed by atoms with Crippen LogP contribution >= 0.6 is 23.2 Å². The number of methoxy groups -OCH3 is 1. The second-order valence-corrected chi connectivity index (χ2v) is 3.87. The minimum Gasteiger partial charge on any atom is -0.467 e. The van der Waals surface area contributed by atoms with Gasteiger partial charge in [-0.05, 0) is 6.07 Å². The number of amides is 1. The Labute approximate surface area is 112 Å². The Morgan fingerprint density at radius 3 is 2.78 bits per heavy atom. The number of ether oxygens (including phenoxy) is 1. The first-order valence-electron chi connectivity index (χ1n) is 4.68. The first kappa shape index (κ1) is 14.6. The fraction of sp³-hybridized carbons (Fsp3) is 0.333. The highest BCUT2D eigenvalue weighted by molar-refractivity contribution is 6.34. The maximum Gasteiger partial charge on any atom is 0.336 e. The van der Waals surface area contributed by atoms with E-state index in [0.29, 0.717) is 0 Å². The van der Waals surface area contributed by atoms with Crippen molar-refractivity contribution in [3.8, 4) is 0 Å². The number of nitrogens with zero attached hydrogens (tertiary/aromatic N) is 2. The predicted octanol–water partition coefficient (Wildman–Crippen LogP) is 0.0471. The van der Waals surface area contributed by atoms with Gasteiger partial charge in [-0.15, -0.1) is 10.2 Å². The second kappa shape index (κ2) is 6.48. The van der Waals surface area contributed by atoms with Crippen LogP contribution in [-0.4, -0.2) is 46.9 Å². The summed E-state index contributed by atoms with van der Waals surface area (Å²) in [5, 5.41) is 18.3. The molecule has 0 aromatic carbocycles. The lowest BCUT2D eigenvalue weighted by molar-refractivity contribution is -0.149. The van der Waals surface area contributed by atoms with Crippen LogP contribution in [0.4, 0.5) is 0 Å². The topological polar surface area (TPSA) is 101 Å². The molecule has 1 unspecified atom stereocenters. The van der Waals surface area contributed by atoms with E-state index in [1.807, 2.05) is 0 Å². The number of hydrogen-bond acceptors (Lipinski definition) is 6. The zero-order valence-corrected chi connectivity index (χ0v) is 10.7. The molecular weight excluding hydrogens is 285 g/mol. The molecule has 1 rings (SSSR count). The van der Waals surface area contributed by atoms with E-state index in [2.05, 4.69) is 20.3 Å². The summed E-state index contributed by atoms with van der Waals surface area (Å²) >= 11 is 11.2. The molecule has 1 aromatic heterocycles. The van der Waals surface area contributed by atoms with E-state index in [0.717, 1.165) is 7.11 Å². The van der Waals surface area contributed by atoms with Crippen LogP contribution in [0.1, 0.15) is 10.4 Å². The van der Waals surface area contributed by atoms with Crippen LogP contribution in [0.15, 0.2) is 6.07 Å². The summed E-state index contributed by atoms with van der Waals surface area (Å²) in [7, 11) is 1.12. The van der Waals surface area contributed by atoms with Crippen molar-refractivity contribution in [1.82, 2.24) is 15.5 Å². The molecule has 1 atom stereocenters. The van der Waals surface area contributed by atoms with E-state index >= 15 is 0 Å². The van der Waals surface area contributed by atoms with Crippen LogP contribution < -0.4 is 5.32 Å². The van der Waals surface area contributed by atoms with Crippen molar-refractivity contribution in [2.45, 2.75) is 6.10 Å². The second-order valence-electron chi connectivity index (χ2n) is 3.12. The van der Waals surface area contributed by atoms with Crippen LogP contribution in [0.2, 0.25) is 10.3 Å². The Kier molecular flexibility index (Phi) is 5.26. The van der Waals surface area contributed by atoms with Gasteiger partial charge in [0, 0.05) is 0 Å². The van der Waals surface area contributed by atoms with Crippen LogP contribution in [0.5, 0.6) is 0 Å². The minimum atomic E-state index is -1.46. The van der Waals surface area contributed by atoms with E-state index in [1.165, 1.54) is 6.07 Å². The Bertz CT molecular complexity index is 469. The van der Waals surface area contributed by atoms with Gasteiger partial charge < -0.3 is 15.2 Å². The first-order valence-corrected chi connectivity index (χ1v) is 5.44. The van der Waals surface area contributed by atoms with Gasteiger partial charge in [0.15, 0.2) is 16.4 Å². The summed E-state index contributed by atoms with van der Waals surface area (Å²) in [6, 6.07) is 1.22. The third kappa shape index (κ3) is 3.80. The number of hydrogen-bond donors (Lipinski definition) is 2. The van der Waals surface area contributed by atoms with E-state index in [4.69, 9.17) is 23.2 Å². The lowest BCUT2D eigenvalue weighted by atomic mass is 10.3. The van der Waals surface area contributed by atoms with Crippen molar-refractivity contribution in [3.63, 3.8) is 0 Å². The molecule has 0 spiro atoms. The number of rotatable bonds is 4. The maximum atomic E-state index is 11.6. The first-order chi connectivity index (χ1) is 8.45. The Morgan fingerprint density at radius 2 is 2.17 bits per heavy atom. The summed E-state index contributed by atoms with van der Waals surface area (Å²) in [6.45, 7) is -0.318. The lowest BCUT2D eigenvalue weighted by Crippen LogP contribution is -2.37. The molecule has 9 heteroatoms. The highest BCUT2D eigenvalue weighted by Gasteiger charge is 2.18. The van der Waals surface area contributed by atoms with Crippen LogP contribution in [0.25, 0.3) is 0 Å². The fourth-order valence-corrected chi connectivity index (χ4v) is 1.34. The number of carbonyl (C=O) groups is 2. The van der Waals surface area contributed by atoms with Gasteiger partial charge in [0.2, 0.25) is 0 Å². The van der Waals surface area contributed by atoms with Gasteiger partial charge in [0.05, 0.1) is 19.2 Å². The summed E-state index contributed by atoms with van der Waals surface area (Å²) in [5.41, 5.74) is -0.00580. The molecule has 1 aromatic rings. The van der Waals surface area contributed by atoms with E-state index < -0.39 is 18.0 Å². The van der Waals surface area contributed by atoms with Crippen molar-refractivity contribution in [2.75, 3.05) is 13.7 Å². The molecule has 0 aliphatic heterocycles. The molecule has 98 valence electrons. The molecule has 7 nitrogen and oxygen atoms in total. The van der Waals surface area contributed by atoms with Crippen LogP contribution in [0.3, 0.4) is 0 Å². The van der Waals surface area contributed by atoms with Crippen molar-refractivity contribution in [2.24, 2.45) is 0 Å². The smallest absolute Gasteiger partial charge is 0.336 e. The van der Waals surface area contributed by atoms with E-state index in [-0.39, 0.29) is 22.4 Å². The number of halogens is 2. The predicted molar refractivity (Wildman–Crippen MR) is 62.4 cm³/mol. The highest BCUT2D eigenvalue weighted by atomic mass is 35.5. The van der Waals surface area contributed by atoms with Gasteiger partial charge in [-0.1, -0.05) is 23.2 Å². The third-order valence-corrected chi connectivity index (χ3v) is 2.36. The van der Waals surface area contributed by atoms with Crippen LogP contribution in [-0.2, 0) is 9.53 Å². The molecule has 1 amide bonds. The number of aliphatic hydroxyl groups is 1. The van der Waals surface area contributed by atoms with E-state index in [1.54, 1.807) is 0 Å². The molecule has 0 saturated carbocycles. The molecule has 0 aliphatic rings.